The number of aromatic nitrogens is 2. The first kappa shape index (κ1) is 12.6. The molecule has 2 aromatic rings. The molecule has 0 saturated heterocycles. The standard InChI is InChI=1S/C15H18N2O/c1-4-12-5-7-13(8-6-12)9-15(18)14-10-17(3)16-11(14)2/h5-8,10H,4,9H2,1-3H3. The highest BCUT2D eigenvalue weighted by Crippen LogP contribution is 2.11. The molecule has 0 amide bonds. The van der Waals surface area contributed by atoms with Crippen LogP contribution in [0.4, 0.5) is 0 Å². The van der Waals surface area contributed by atoms with Crippen molar-refractivity contribution in [1.29, 1.82) is 0 Å². The first-order chi connectivity index (χ1) is 8.60. The molecule has 94 valence electrons. The lowest BCUT2D eigenvalue weighted by molar-refractivity contribution is 0.0992. The zero-order valence-electron chi connectivity index (χ0n) is 11.1. The molecule has 0 saturated carbocycles. The Kier molecular flexibility index (Phi) is 3.60. The van der Waals surface area contributed by atoms with Crippen molar-refractivity contribution in [3.05, 3.63) is 52.8 Å². The Morgan fingerprint density at radius 1 is 1.22 bits per heavy atom. The van der Waals surface area contributed by atoms with Crippen LogP contribution in [0.3, 0.4) is 0 Å². The van der Waals surface area contributed by atoms with Gasteiger partial charge in [-0.1, -0.05) is 31.2 Å². The molecular formula is C15H18N2O. The monoisotopic (exact) mass is 242 g/mol. The van der Waals surface area contributed by atoms with Gasteiger partial charge in [0.2, 0.25) is 0 Å². The summed E-state index contributed by atoms with van der Waals surface area (Å²) in [4.78, 5) is 12.1. The molecule has 0 N–H and O–H groups in total. The summed E-state index contributed by atoms with van der Waals surface area (Å²) in [6.45, 7) is 3.99. The van der Waals surface area contributed by atoms with Crippen molar-refractivity contribution >= 4 is 5.78 Å². The number of rotatable bonds is 4. The molecule has 0 spiro atoms. The van der Waals surface area contributed by atoms with Gasteiger partial charge < -0.3 is 0 Å². The highest BCUT2D eigenvalue weighted by atomic mass is 16.1. The van der Waals surface area contributed by atoms with Crippen LogP contribution in [0.5, 0.6) is 0 Å². The van der Waals surface area contributed by atoms with Gasteiger partial charge in [0.15, 0.2) is 5.78 Å². The second-order valence-electron chi connectivity index (χ2n) is 4.57. The van der Waals surface area contributed by atoms with Gasteiger partial charge in [0.1, 0.15) is 0 Å². The minimum Gasteiger partial charge on any atom is -0.294 e. The van der Waals surface area contributed by atoms with Gasteiger partial charge in [0.05, 0.1) is 11.3 Å². The lowest BCUT2D eigenvalue weighted by atomic mass is 10.0. The van der Waals surface area contributed by atoms with Crippen LogP contribution in [0.15, 0.2) is 30.5 Å². The molecule has 0 fully saturated rings. The fraction of sp³-hybridized carbons (Fsp3) is 0.333. The van der Waals surface area contributed by atoms with Crippen molar-refractivity contribution in [2.75, 3.05) is 0 Å². The number of carbonyl (C=O) groups excluding carboxylic acids is 1. The van der Waals surface area contributed by atoms with E-state index < -0.39 is 0 Å². The molecule has 18 heavy (non-hydrogen) atoms. The van der Waals surface area contributed by atoms with Crippen LogP contribution in [-0.2, 0) is 19.9 Å². The van der Waals surface area contributed by atoms with Crippen molar-refractivity contribution in [3.63, 3.8) is 0 Å². The summed E-state index contributed by atoms with van der Waals surface area (Å²) in [6.07, 6.45) is 3.25. The van der Waals surface area contributed by atoms with Gasteiger partial charge in [0, 0.05) is 19.7 Å². The van der Waals surface area contributed by atoms with Crippen LogP contribution in [0.1, 0.15) is 34.1 Å². The Bertz CT molecular complexity index is 552. The molecule has 0 aliphatic heterocycles. The first-order valence-electron chi connectivity index (χ1n) is 6.21. The highest BCUT2D eigenvalue weighted by Gasteiger charge is 2.12. The largest absolute Gasteiger partial charge is 0.294 e. The number of Topliss-reactive ketones (excluding diaryl/α,β-unsaturated/α-hetero) is 1. The molecule has 0 bridgehead atoms. The Balaban J connectivity index is 2.13. The predicted molar refractivity (Wildman–Crippen MR) is 71.8 cm³/mol. The number of nitrogens with zero attached hydrogens (tertiary/aromatic N) is 2. The molecule has 1 aromatic heterocycles. The predicted octanol–water partition coefficient (Wildman–Crippen LogP) is 2.72. The topological polar surface area (TPSA) is 34.9 Å². The lowest BCUT2D eigenvalue weighted by Gasteiger charge is -2.02. The van der Waals surface area contributed by atoms with E-state index in [9.17, 15) is 4.79 Å². The molecule has 2 rings (SSSR count). The third-order valence-electron chi connectivity index (χ3n) is 3.11. The Morgan fingerprint density at radius 3 is 2.33 bits per heavy atom. The van der Waals surface area contributed by atoms with Crippen LogP contribution in [0, 0.1) is 6.92 Å². The molecule has 0 aliphatic carbocycles. The second kappa shape index (κ2) is 5.17. The maximum Gasteiger partial charge on any atom is 0.170 e. The SMILES string of the molecule is CCc1ccc(CC(=O)c2cn(C)nc2C)cc1. The molecular weight excluding hydrogens is 224 g/mol. The maximum atomic E-state index is 12.1. The van der Waals surface area contributed by atoms with Gasteiger partial charge >= 0.3 is 0 Å². The van der Waals surface area contributed by atoms with E-state index in [4.69, 9.17) is 0 Å². The molecule has 0 unspecified atom stereocenters. The first-order valence-corrected chi connectivity index (χ1v) is 6.21. The van der Waals surface area contributed by atoms with E-state index in [-0.39, 0.29) is 5.78 Å². The number of aryl methyl sites for hydroxylation is 3. The summed E-state index contributed by atoms with van der Waals surface area (Å²) in [6, 6.07) is 8.22. The number of ketones is 1. The summed E-state index contributed by atoms with van der Waals surface area (Å²) in [5, 5.41) is 4.20. The molecule has 3 heteroatoms. The van der Waals surface area contributed by atoms with Crippen LogP contribution in [0.2, 0.25) is 0 Å². The quantitative estimate of drug-likeness (QED) is 0.773. The Morgan fingerprint density at radius 2 is 1.83 bits per heavy atom. The smallest absolute Gasteiger partial charge is 0.170 e. The van der Waals surface area contributed by atoms with Gasteiger partial charge in [-0.15, -0.1) is 0 Å². The van der Waals surface area contributed by atoms with Crippen molar-refractivity contribution in [2.45, 2.75) is 26.7 Å². The van der Waals surface area contributed by atoms with E-state index in [1.807, 2.05) is 26.1 Å². The van der Waals surface area contributed by atoms with Crippen molar-refractivity contribution in [1.82, 2.24) is 9.78 Å². The van der Waals surface area contributed by atoms with E-state index >= 15 is 0 Å². The van der Waals surface area contributed by atoms with E-state index in [2.05, 4.69) is 24.2 Å². The summed E-state index contributed by atoms with van der Waals surface area (Å²) >= 11 is 0. The fourth-order valence-electron chi connectivity index (χ4n) is 2.05. The number of carbonyl (C=O) groups is 1. The minimum absolute atomic E-state index is 0.129. The van der Waals surface area contributed by atoms with Crippen molar-refractivity contribution in [3.8, 4) is 0 Å². The Labute approximate surface area is 107 Å². The van der Waals surface area contributed by atoms with Crippen molar-refractivity contribution < 1.29 is 4.79 Å². The van der Waals surface area contributed by atoms with Gasteiger partial charge in [-0.25, -0.2) is 0 Å². The van der Waals surface area contributed by atoms with E-state index in [1.165, 1.54) is 5.56 Å². The summed E-state index contributed by atoms with van der Waals surface area (Å²) < 4.78 is 1.68. The summed E-state index contributed by atoms with van der Waals surface area (Å²) in [5.74, 6) is 0.129. The minimum atomic E-state index is 0.129. The zero-order valence-corrected chi connectivity index (χ0v) is 11.1. The van der Waals surface area contributed by atoms with Gasteiger partial charge in [-0.3, -0.25) is 9.48 Å². The normalized spacial score (nSPS) is 10.6. The average molecular weight is 242 g/mol. The summed E-state index contributed by atoms with van der Waals surface area (Å²) in [5.41, 5.74) is 3.87. The highest BCUT2D eigenvalue weighted by molar-refractivity contribution is 5.98. The molecule has 1 heterocycles. The van der Waals surface area contributed by atoms with E-state index in [0.717, 1.165) is 23.2 Å². The third-order valence-corrected chi connectivity index (χ3v) is 3.11. The number of hydrogen-bond acceptors (Lipinski definition) is 2. The average Bonchev–Trinajstić information content (AvgIpc) is 2.69. The van der Waals surface area contributed by atoms with Crippen LogP contribution >= 0.6 is 0 Å². The molecule has 1 aromatic carbocycles. The van der Waals surface area contributed by atoms with E-state index in [1.54, 1.807) is 10.9 Å². The fourth-order valence-corrected chi connectivity index (χ4v) is 2.05. The van der Waals surface area contributed by atoms with Crippen molar-refractivity contribution in [2.24, 2.45) is 7.05 Å². The van der Waals surface area contributed by atoms with Crippen LogP contribution in [0.25, 0.3) is 0 Å². The maximum absolute atomic E-state index is 12.1. The van der Waals surface area contributed by atoms with Gasteiger partial charge in [0.25, 0.3) is 0 Å². The van der Waals surface area contributed by atoms with Crippen LogP contribution in [-0.4, -0.2) is 15.6 Å². The van der Waals surface area contributed by atoms with Gasteiger partial charge in [-0.05, 0) is 24.5 Å². The Hall–Kier alpha value is -1.90. The zero-order chi connectivity index (χ0) is 13.1. The third kappa shape index (κ3) is 2.67. The molecule has 0 radical (unpaired) electrons. The molecule has 0 atom stereocenters. The summed E-state index contributed by atoms with van der Waals surface area (Å²) in [7, 11) is 1.83. The number of hydrogen-bond donors (Lipinski definition) is 0. The van der Waals surface area contributed by atoms with Crippen LogP contribution < -0.4 is 0 Å². The van der Waals surface area contributed by atoms with E-state index in [0.29, 0.717) is 6.42 Å². The van der Waals surface area contributed by atoms with Gasteiger partial charge in [-0.2, -0.15) is 5.10 Å². The number of benzene rings is 1. The molecule has 0 aliphatic rings. The lowest BCUT2D eigenvalue weighted by Crippen LogP contribution is -2.04. The second-order valence-corrected chi connectivity index (χ2v) is 4.57. The molecule has 3 nitrogen and oxygen atoms in total.